The molecule has 0 aliphatic rings. The molecular formula is C16H18N6. The van der Waals surface area contributed by atoms with Gasteiger partial charge in [0, 0.05) is 23.3 Å². The van der Waals surface area contributed by atoms with E-state index in [4.69, 9.17) is 0 Å². The molecule has 0 fully saturated rings. The number of hydrogen-bond acceptors (Lipinski definition) is 4. The van der Waals surface area contributed by atoms with Crippen LogP contribution in [0.25, 0.3) is 22.3 Å². The van der Waals surface area contributed by atoms with Crippen LogP contribution in [0, 0.1) is 17.2 Å². The molecule has 0 aromatic carbocycles. The molecule has 2 unspecified atom stereocenters. The van der Waals surface area contributed by atoms with Gasteiger partial charge in [-0.3, -0.25) is 4.68 Å². The Morgan fingerprint density at radius 3 is 3.05 bits per heavy atom. The molecule has 0 saturated heterocycles. The van der Waals surface area contributed by atoms with Crippen LogP contribution in [0.1, 0.15) is 32.7 Å². The van der Waals surface area contributed by atoms with Crippen LogP contribution in [-0.4, -0.2) is 24.7 Å². The molecule has 0 aliphatic carbocycles. The van der Waals surface area contributed by atoms with Crippen LogP contribution < -0.4 is 0 Å². The first-order valence-electron chi connectivity index (χ1n) is 7.46. The van der Waals surface area contributed by atoms with Crippen LogP contribution in [0.3, 0.4) is 0 Å². The van der Waals surface area contributed by atoms with Gasteiger partial charge in [0.25, 0.3) is 0 Å². The summed E-state index contributed by atoms with van der Waals surface area (Å²) in [6.45, 7) is 4.06. The largest absolute Gasteiger partial charge is 0.346 e. The van der Waals surface area contributed by atoms with E-state index in [9.17, 15) is 5.26 Å². The van der Waals surface area contributed by atoms with Crippen LogP contribution in [0.2, 0.25) is 0 Å². The number of nitriles is 1. The Kier molecular flexibility index (Phi) is 3.88. The topological polar surface area (TPSA) is 83.2 Å². The molecule has 0 bridgehead atoms. The van der Waals surface area contributed by atoms with Gasteiger partial charge in [0.1, 0.15) is 12.0 Å². The average molecular weight is 294 g/mol. The van der Waals surface area contributed by atoms with E-state index in [2.05, 4.69) is 33.0 Å². The quantitative estimate of drug-likeness (QED) is 0.782. The summed E-state index contributed by atoms with van der Waals surface area (Å²) in [6.07, 6.45) is 9.13. The third-order valence-electron chi connectivity index (χ3n) is 3.93. The lowest BCUT2D eigenvalue weighted by Gasteiger charge is -2.18. The summed E-state index contributed by atoms with van der Waals surface area (Å²) in [5, 5.41) is 14.7. The Labute approximate surface area is 128 Å². The average Bonchev–Trinajstić information content (AvgIpc) is 3.20. The second-order valence-corrected chi connectivity index (χ2v) is 5.45. The maximum Gasteiger partial charge on any atom is 0.141 e. The van der Waals surface area contributed by atoms with Crippen LogP contribution in [0.4, 0.5) is 0 Å². The lowest BCUT2D eigenvalue weighted by atomic mass is 9.99. The Hall–Kier alpha value is -2.68. The first-order valence-corrected chi connectivity index (χ1v) is 7.46. The summed E-state index contributed by atoms with van der Waals surface area (Å²) in [7, 11) is 0. The second-order valence-electron chi connectivity index (χ2n) is 5.45. The van der Waals surface area contributed by atoms with Crippen molar-refractivity contribution in [1.29, 1.82) is 5.26 Å². The van der Waals surface area contributed by atoms with E-state index in [1.807, 2.05) is 36.3 Å². The SMILES string of the molecule is CCCC(C(C)C#N)n1cc(-c2ncnc3[nH]ccc23)cn1. The number of aromatic amines is 1. The Bertz CT molecular complexity index is 809. The molecule has 2 atom stereocenters. The van der Waals surface area contributed by atoms with Gasteiger partial charge in [0.15, 0.2) is 0 Å². The van der Waals surface area contributed by atoms with Crippen molar-refractivity contribution in [2.45, 2.75) is 32.7 Å². The summed E-state index contributed by atoms with van der Waals surface area (Å²) in [5.41, 5.74) is 2.61. The molecule has 3 aromatic rings. The van der Waals surface area contributed by atoms with Crippen molar-refractivity contribution in [2.24, 2.45) is 5.92 Å². The van der Waals surface area contributed by atoms with Gasteiger partial charge in [0.05, 0.1) is 29.9 Å². The summed E-state index contributed by atoms with van der Waals surface area (Å²) >= 11 is 0. The highest BCUT2D eigenvalue weighted by Gasteiger charge is 2.20. The summed E-state index contributed by atoms with van der Waals surface area (Å²) in [4.78, 5) is 11.7. The normalized spacial score (nSPS) is 13.9. The molecule has 0 amide bonds. The molecule has 6 heteroatoms. The van der Waals surface area contributed by atoms with Crippen molar-refractivity contribution >= 4 is 11.0 Å². The maximum atomic E-state index is 9.21. The van der Waals surface area contributed by atoms with E-state index >= 15 is 0 Å². The summed E-state index contributed by atoms with van der Waals surface area (Å²) in [6, 6.07) is 4.38. The van der Waals surface area contributed by atoms with Gasteiger partial charge in [-0.15, -0.1) is 0 Å². The number of fused-ring (bicyclic) bond motifs is 1. The molecule has 3 rings (SSSR count). The van der Waals surface area contributed by atoms with Crippen molar-refractivity contribution in [1.82, 2.24) is 24.7 Å². The highest BCUT2D eigenvalue weighted by Crippen LogP contribution is 2.28. The van der Waals surface area contributed by atoms with E-state index in [1.165, 1.54) is 0 Å². The highest BCUT2D eigenvalue weighted by atomic mass is 15.3. The number of nitrogens with zero attached hydrogens (tertiary/aromatic N) is 5. The molecule has 22 heavy (non-hydrogen) atoms. The summed E-state index contributed by atoms with van der Waals surface area (Å²) in [5.74, 6) is -0.0784. The van der Waals surface area contributed by atoms with Gasteiger partial charge in [0.2, 0.25) is 0 Å². The molecule has 3 heterocycles. The van der Waals surface area contributed by atoms with Crippen LogP contribution in [-0.2, 0) is 0 Å². The number of H-pyrrole nitrogens is 1. The van der Waals surface area contributed by atoms with Gasteiger partial charge in [-0.1, -0.05) is 13.3 Å². The third-order valence-corrected chi connectivity index (χ3v) is 3.93. The predicted molar refractivity (Wildman–Crippen MR) is 83.8 cm³/mol. The predicted octanol–water partition coefficient (Wildman–Crippen LogP) is 3.32. The molecular weight excluding hydrogens is 276 g/mol. The Morgan fingerprint density at radius 2 is 2.27 bits per heavy atom. The second kappa shape index (κ2) is 5.98. The van der Waals surface area contributed by atoms with Gasteiger partial charge in [-0.05, 0) is 19.4 Å². The van der Waals surface area contributed by atoms with Crippen molar-refractivity contribution in [3.8, 4) is 17.3 Å². The fraction of sp³-hybridized carbons (Fsp3) is 0.375. The number of hydrogen-bond donors (Lipinski definition) is 1. The molecule has 6 nitrogen and oxygen atoms in total. The Balaban J connectivity index is 2.00. The fourth-order valence-corrected chi connectivity index (χ4v) is 2.74. The van der Waals surface area contributed by atoms with Crippen molar-refractivity contribution in [3.63, 3.8) is 0 Å². The van der Waals surface area contributed by atoms with Crippen LogP contribution >= 0.6 is 0 Å². The summed E-state index contributed by atoms with van der Waals surface area (Å²) < 4.78 is 1.90. The minimum atomic E-state index is -0.0784. The lowest BCUT2D eigenvalue weighted by molar-refractivity contribution is 0.354. The smallest absolute Gasteiger partial charge is 0.141 e. The third kappa shape index (κ3) is 2.46. The first kappa shape index (κ1) is 14.3. The van der Waals surface area contributed by atoms with E-state index in [0.717, 1.165) is 35.1 Å². The molecule has 0 aliphatic heterocycles. The van der Waals surface area contributed by atoms with E-state index in [-0.39, 0.29) is 12.0 Å². The molecule has 1 N–H and O–H groups in total. The van der Waals surface area contributed by atoms with E-state index < -0.39 is 0 Å². The molecule has 3 aromatic heterocycles. The zero-order valence-corrected chi connectivity index (χ0v) is 12.7. The monoisotopic (exact) mass is 294 g/mol. The number of aromatic nitrogens is 5. The maximum absolute atomic E-state index is 9.21. The number of nitrogens with one attached hydrogen (secondary N) is 1. The zero-order chi connectivity index (χ0) is 15.5. The van der Waals surface area contributed by atoms with Crippen molar-refractivity contribution in [3.05, 3.63) is 31.0 Å². The minimum absolute atomic E-state index is 0.0784. The molecule has 0 radical (unpaired) electrons. The molecule has 0 saturated carbocycles. The number of rotatable bonds is 5. The fourth-order valence-electron chi connectivity index (χ4n) is 2.74. The zero-order valence-electron chi connectivity index (χ0n) is 12.7. The van der Waals surface area contributed by atoms with Gasteiger partial charge >= 0.3 is 0 Å². The van der Waals surface area contributed by atoms with Crippen molar-refractivity contribution < 1.29 is 0 Å². The van der Waals surface area contributed by atoms with Gasteiger partial charge < -0.3 is 4.98 Å². The Morgan fingerprint density at radius 1 is 1.41 bits per heavy atom. The van der Waals surface area contributed by atoms with Gasteiger partial charge in [-0.25, -0.2) is 9.97 Å². The highest BCUT2D eigenvalue weighted by molar-refractivity contribution is 5.89. The van der Waals surface area contributed by atoms with Crippen LogP contribution in [0.15, 0.2) is 31.0 Å². The van der Waals surface area contributed by atoms with Crippen molar-refractivity contribution in [2.75, 3.05) is 0 Å². The van der Waals surface area contributed by atoms with E-state index in [0.29, 0.717) is 0 Å². The molecule has 0 spiro atoms. The minimum Gasteiger partial charge on any atom is -0.346 e. The van der Waals surface area contributed by atoms with Crippen LogP contribution in [0.5, 0.6) is 0 Å². The standard InChI is InChI=1S/C16H18N6/c1-3-4-14(11(2)7-17)22-9-12(8-21-22)15-13-5-6-18-16(13)20-10-19-15/h5-6,8-11,14H,3-4H2,1-2H3,(H,18,19,20). The lowest BCUT2D eigenvalue weighted by Crippen LogP contribution is -2.16. The van der Waals surface area contributed by atoms with Gasteiger partial charge in [-0.2, -0.15) is 10.4 Å². The first-order chi connectivity index (χ1) is 10.7. The molecule has 112 valence electrons. The van der Waals surface area contributed by atoms with E-state index in [1.54, 1.807) is 6.33 Å².